The number of nitrogens with one attached hydrogen (secondary N) is 2. The number of rotatable bonds is 5. The van der Waals surface area contributed by atoms with Crippen LogP contribution in [0, 0.1) is 0 Å². The van der Waals surface area contributed by atoms with Crippen molar-refractivity contribution in [3.63, 3.8) is 0 Å². The maximum absolute atomic E-state index is 12.5. The van der Waals surface area contributed by atoms with Crippen LogP contribution in [-0.4, -0.2) is 38.1 Å². The fourth-order valence-electron chi connectivity index (χ4n) is 3.05. The lowest BCUT2D eigenvalue weighted by atomic mass is 10.2. The van der Waals surface area contributed by atoms with Crippen LogP contribution in [0.4, 0.5) is 29.3 Å². The lowest BCUT2D eigenvalue weighted by Gasteiger charge is -2.14. The quantitative estimate of drug-likeness (QED) is 0.402. The van der Waals surface area contributed by atoms with Crippen molar-refractivity contribution in [2.75, 3.05) is 10.6 Å². The molecule has 0 bridgehead atoms. The zero-order valence-electron chi connectivity index (χ0n) is 16.5. The molecule has 0 saturated heterocycles. The molecule has 0 aliphatic carbocycles. The lowest BCUT2D eigenvalue weighted by Crippen LogP contribution is -2.22. The maximum atomic E-state index is 12.5. The largest absolute Gasteiger partial charge is 0.573 e. The number of aromatic nitrogens is 3. The van der Waals surface area contributed by atoms with Crippen LogP contribution in [0.1, 0.15) is 10.4 Å². The molecule has 12 heteroatoms. The SMILES string of the molecule is O=C(Nc1ccc(-c2nnc3c(C(=O)O)cccn23)cc1)Nc1ccccc1OC(F)(F)F. The number of fused-ring (bicyclic) bond motifs is 1. The Balaban J connectivity index is 1.49. The van der Waals surface area contributed by atoms with Gasteiger partial charge in [-0.3, -0.25) is 4.40 Å². The molecule has 0 radical (unpaired) electrons. The van der Waals surface area contributed by atoms with Crippen molar-refractivity contribution in [1.82, 2.24) is 14.6 Å². The normalized spacial score (nSPS) is 11.2. The number of benzene rings is 2. The molecule has 0 unspecified atom stereocenters. The van der Waals surface area contributed by atoms with Crippen molar-refractivity contribution in [2.24, 2.45) is 0 Å². The second-order valence-corrected chi connectivity index (χ2v) is 6.64. The van der Waals surface area contributed by atoms with E-state index in [9.17, 15) is 27.9 Å². The van der Waals surface area contributed by atoms with E-state index in [0.717, 1.165) is 6.07 Å². The van der Waals surface area contributed by atoms with E-state index in [1.165, 1.54) is 28.7 Å². The highest BCUT2D eigenvalue weighted by atomic mass is 19.4. The fraction of sp³-hybridized carbons (Fsp3) is 0.0476. The van der Waals surface area contributed by atoms with Gasteiger partial charge in [0.1, 0.15) is 5.56 Å². The van der Waals surface area contributed by atoms with Gasteiger partial charge >= 0.3 is 18.4 Å². The third kappa shape index (κ3) is 4.84. The number of hydrogen-bond donors (Lipinski definition) is 3. The number of alkyl halides is 3. The van der Waals surface area contributed by atoms with Gasteiger partial charge in [0.15, 0.2) is 17.2 Å². The molecule has 2 aromatic carbocycles. The number of amides is 2. The van der Waals surface area contributed by atoms with E-state index in [1.807, 2.05) is 0 Å². The van der Waals surface area contributed by atoms with Crippen molar-refractivity contribution in [3.8, 4) is 17.1 Å². The van der Waals surface area contributed by atoms with Gasteiger partial charge in [0, 0.05) is 17.4 Å². The number of aromatic carboxylic acids is 1. The van der Waals surface area contributed by atoms with Crippen LogP contribution in [-0.2, 0) is 0 Å². The molecule has 2 amide bonds. The second kappa shape index (κ2) is 8.49. The molecule has 0 aliphatic rings. The number of carbonyl (C=O) groups excluding carboxylic acids is 1. The van der Waals surface area contributed by atoms with Gasteiger partial charge in [-0.15, -0.1) is 23.4 Å². The number of anilines is 2. The molecule has 3 N–H and O–H groups in total. The minimum absolute atomic E-state index is 0.000918. The summed E-state index contributed by atoms with van der Waals surface area (Å²) in [5, 5.41) is 22.1. The van der Waals surface area contributed by atoms with Crippen LogP contribution >= 0.6 is 0 Å². The Morgan fingerprint density at radius 2 is 1.67 bits per heavy atom. The van der Waals surface area contributed by atoms with Crippen LogP contribution in [0.25, 0.3) is 17.0 Å². The summed E-state index contributed by atoms with van der Waals surface area (Å²) in [6, 6.07) is 13.7. The van der Waals surface area contributed by atoms with Crippen LogP contribution in [0.2, 0.25) is 0 Å². The van der Waals surface area contributed by atoms with Gasteiger partial charge in [-0.1, -0.05) is 12.1 Å². The summed E-state index contributed by atoms with van der Waals surface area (Å²) in [5.74, 6) is -1.29. The smallest absolute Gasteiger partial charge is 0.478 e. The highest BCUT2D eigenvalue weighted by Crippen LogP contribution is 2.30. The number of pyridine rings is 1. The lowest BCUT2D eigenvalue weighted by molar-refractivity contribution is -0.274. The molecule has 4 rings (SSSR count). The number of ether oxygens (including phenoxy) is 1. The molecular weight excluding hydrogens is 443 g/mol. The first-order valence-corrected chi connectivity index (χ1v) is 9.31. The van der Waals surface area contributed by atoms with Crippen molar-refractivity contribution in [2.45, 2.75) is 6.36 Å². The van der Waals surface area contributed by atoms with E-state index in [-0.39, 0.29) is 16.9 Å². The van der Waals surface area contributed by atoms with E-state index in [1.54, 1.807) is 36.5 Å². The molecule has 0 spiro atoms. The van der Waals surface area contributed by atoms with Gasteiger partial charge in [0.2, 0.25) is 0 Å². The summed E-state index contributed by atoms with van der Waals surface area (Å²) >= 11 is 0. The molecule has 168 valence electrons. The van der Waals surface area contributed by atoms with Gasteiger partial charge in [-0.05, 0) is 48.5 Å². The summed E-state index contributed by atoms with van der Waals surface area (Å²) < 4.78 is 43.0. The Labute approximate surface area is 183 Å². The van der Waals surface area contributed by atoms with Gasteiger partial charge in [-0.2, -0.15) is 0 Å². The van der Waals surface area contributed by atoms with E-state index in [2.05, 4.69) is 25.6 Å². The highest BCUT2D eigenvalue weighted by Gasteiger charge is 2.32. The Hall–Kier alpha value is -4.61. The summed E-state index contributed by atoms with van der Waals surface area (Å²) in [6.45, 7) is 0. The second-order valence-electron chi connectivity index (χ2n) is 6.64. The average Bonchev–Trinajstić information content (AvgIpc) is 3.19. The molecule has 0 fully saturated rings. The zero-order chi connectivity index (χ0) is 23.6. The van der Waals surface area contributed by atoms with E-state index in [0.29, 0.717) is 17.1 Å². The van der Waals surface area contributed by atoms with E-state index in [4.69, 9.17) is 0 Å². The average molecular weight is 457 g/mol. The molecule has 9 nitrogen and oxygen atoms in total. The van der Waals surface area contributed by atoms with Crippen molar-refractivity contribution < 1.29 is 32.6 Å². The first kappa shape index (κ1) is 21.6. The van der Waals surface area contributed by atoms with Gasteiger partial charge in [0.25, 0.3) is 0 Å². The van der Waals surface area contributed by atoms with Gasteiger partial charge in [0.05, 0.1) is 5.69 Å². The topological polar surface area (TPSA) is 118 Å². The number of para-hydroxylation sites is 2. The predicted molar refractivity (Wildman–Crippen MR) is 111 cm³/mol. The summed E-state index contributed by atoms with van der Waals surface area (Å²) in [7, 11) is 0. The molecule has 33 heavy (non-hydrogen) atoms. The molecule has 0 saturated carbocycles. The number of carbonyl (C=O) groups is 2. The van der Waals surface area contributed by atoms with Gasteiger partial charge < -0.3 is 20.5 Å². The fourth-order valence-corrected chi connectivity index (χ4v) is 3.05. The Kier molecular flexibility index (Phi) is 5.56. The molecule has 0 aliphatic heterocycles. The Morgan fingerprint density at radius 3 is 2.36 bits per heavy atom. The van der Waals surface area contributed by atoms with Crippen molar-refractivity contribution in [1.29, 1.82) is 0 Å². The first-order valence-electron chi connectivity index (χ1n) is 9.31. The minimum atomic E-state index is -4.90. The monoisotopic (exact) mass is 457 g/mol. The van der Waals surface area contributed by atoms with Crippen molar-refractivity contribution in [3.05, 3.63) is 72.4 Å². The number of urea groups is 1. The molecule has 0 atom stereocenters. The molecule has 4 aromatic rings. The van der Waals surface area contributed by atoms with Crippen LogP contribution in [0.15, 0.2) is 66.9 Å². The van der Waals surface area contributed by atoms with Crippen LogP contribution in [0.3, 0.4) is 0 Å². The third-order valence-electron chi connectivity index (χ3n) is 4.43. The Bertz CT molecular complexity index is 1340. The highest BCUT2D eigenvalue weighted by molar-refractivity contribution is 6.00. The van der Waals surface area contributed by atoms with Crippen LogP contribution in [0.5, 0.6) is 5.75 Å². The summed E-state index contributed by atoms with van der Waals surface area (Å²) in [5.41, 5.74) is 0.973. The van der Waals surface area contributed by atoms with E-state index < -0.39 is 24.1 Å². The predicted octanol–water partition coefficient (Wildman–Crippen LogP) is 4.64. The molecule has 2 heterocycles. The number of carboxylic acid groups (broad SMARTS) is 1. The Morgan fingerprint density at radius 1 is 0.939 bits per heavy atom. The number of nitrogens with zero attached hydrogens (tertiary/aromatic N) is 3. The zero-order valence-corrected chi connectivity index (χ0v) is 16.5. The number of hydrogen-bond acceptors (Lipinski definition) is 5. The molecule has 2 aromatic heterocycles. The maximum Gasteiger partial charge on any atom is 0.573 e. The third-order valence-corrected chi connectivity index (χ3v) is 4.43. The first-order chi connectivity index (χ1) is 15.7. The summed E-state index contributed by atoms with van der Waals surface area (Å²) in [6.07, 6.45) is -3.28. The molecular formula is C21H14F3N5O4. The van der Waals surface area contributed by atoms with Crippen LogP contribution < -0.4 is 15.4 Å². The standard InChI is InChI=1S/C21H14F3N5O4/c22-21(23,24)33-16-6-2-1-5-15(16)26-20(32)25-13-9-7-12(8-10-13)17-27-28-18-14(19(30)31)4-3-11-29(17)18/h1-11H,(H,30,31)(H2,25,26,32). The summed E-state index contributed by atoms with van der Waals surface area (Å²) in [4.78, 5) is 23.6. The minimum Gasteiger partial charge on any atom is -0.478 e. The number of halogens is 3. The van der Waals surface area contributed by atoms with E-state index >= 15 is 0 Å². The van der Waals surface area contributed by atoms with Crippen molar-refractivity contribution >= 4 is 29.0 Å². The number of carboxylic acids is 1. The van der Waals surface area contributed by atoms with Gasteiger partial charge in [-0.25, -0.2) is 9.59 Å².